The van der Waals surface area contributed by atoms with Crippen molar-refractivity contribution in [3.05, 3.63) is 64.7 Å². The van der Waals surface area contributed by atoms with Crippen LogP contribution in [0, 0.1) is 17.8 Å². The van der Waals surface area contributed by atoms with Gasteiger partial charge >= 0.3 is 18.1 Å². The maximum atomic E-state index is 13.1. The lowest BCUT2D eigenvalue weighted by atomic mass is 9.84. The SMILES string of the molecule is CC#CC(c1ccc2c(c1)CC(c1cccc(C(F)(F)F)c1)O2)C1C(=O)OC(C)(C)OC1=O. The molecule has 2 aromatic carbocycles. The molecular weight excluding hydrogens is 437 g/mol. The number of esters is 2. The maximum Gasteiger partial charge on any atom is 0.416 e. The van der Waals surface area contributed by atoms with Crippen LogP contribution in [0.5, 0.6) is 5.75 Å². The average Bonchev–Trinajstić information content (AvgIpc) is 3.14. The Hall–Kier alpha value is -3.47. The van der Waals surface area contributed by atoms with Gasteiger partial charge in [0.05, 0.1) is 11.5 Å². The highest BCUT2D eigenvalue weighted by molar-refractivity contribution is 5.98. The second-order valence-corrected chi connectivity index (χ2v) is 8.39. The molecule has 0 N–H and O–H groups in total. The summed E-state index contributed by atoms with van der Waals surface area (Å²) in [6.45, 7) is 4.54. The quantitative estimate of drug-likeness (QED) is 0.370. The van der Waals surface area contributed by atoms with Crippen molar-refractivity contribution in [2.24, 2.45) is 5.92 Å². The van der Waals surface area contributed by atoms with Gasteiger partial charge in [0.2, 0.25) is 0 Å². The molecule has 0 bridgehead atoms. The minimum atomic E-state index is -4.45. The van der Waals surface area contributed by atoms with Crippen molar-refractivity contribution in [2.75, 3.05) is 0 Å². The molecule has 2 aliphatic heterocycles. The molecule has 0 aromatic heterocycles. The normalized spacial score (nSPS) is 20.6. The summed E-state index contributed by atoms with van der Waals surface area (Å²) in [6.07, 6.45) is -4.69. The first-order chi connectivity index (χ1) is 15.5. The first-order valence-electron chi connectivity index (χ1n) is 10.3. The number of halogens is 3. The monoisotopic (exact) mass is 458 g/mol. The van der Waals surface area contributed by atoms with Gasteiger partial charge < -0.3 is 14.2 Å². The number of alkyl halides is 3. The van der Waals surface area contributed by atoms with Crippen molar-refractivity contribution in [3.63, 3.8) is 0 Å². The van der Waals surface area contributed by atoms with Crippen LogP contribution in [0.4, 0.5) is 13.2 Å². The van der Waals surface area contributed by atoms with E-state index < -0.39 is 47.4 Å². The Balaban J connectivity index is 1.61. The Morgan fingerprint density at radius 1 is 1.06 bits per heavy atom. The fourth-order valence-corrected chi connectivity index (χ4v) is 4.08. The number of carbonyl (C=O) groups is 2. The fourth-order valence-electron chi connectivity index (χ4n) is 4.08. The highest BCUT2D eigenvalue weighted by atomic mass is 19.4. The highest BCUT2D eigenvalue weighted by Crippen LogP contribution is 2.41. The summed E-state index contributed by atoms with van der Waals surface area (Å²) in [6, 6.07) is 10.2. The van der Waals surface area contributed by atoms with Crippen LogP contribution in [0.25, 0.3) is 0 Å². The Morgan fingerprint density at radius 3 is 2.39 bits per heavy atom. The second-order valence-electron chi connectivity index (χ2n) is 8.39. The molecule has 2 heterocycles. The number of cyclic esters (lactones) is 2. The lowest BCUT2D eigenvalue weighted by molar-refractivity contribution is -0.240. The van der Waals surface area contributed by atoms with Gasteiger partial charge in [-0.1, -0.05) is 30.2 Å². The van der Waals surface area contributed by atoms with E-state index in [0.29, 0.717) is 23.3 Å². The molecule has 1 fully saturated rings. The molecule has 5 nitrogen and oxygen atoms in total. The van der Waals surface area contributed by atoms with E-state index in [1.807, 2.05) is 0 Å². The zero-order valence-electron chi connectivity index (χ0n) is 18.2. The van der Waals surface area contributed by atoms with Gasteiger partial charge in [0, 0.05) is 20.3 Å². The molecule has 33 heavy (non-hydrogen) atoms. The van der Waals surface area contributed by atoms with Crippen LogP contribution < -0.4 is 4.74 Å². The highest BCUT2D eigenvalue weighted by Gasteiger charge is 2.47. The topological polar surface area (TPSA) is 61.8 Å². The van der Waals surface area contributed by atoms with Gasteiger partial charge in [-0.05, 0) is 41.8 Å². The van der Waals surface area contributed by atoms with E-state index in [9.17, 15) is 22.8 Å². The summed E-state index contributed by atoms with van der Waals surface area (Å²) < 4.78 is 55.6. The number of fused-ring (bicyclic) bond motifs is 1. The van der Waals surface area contributed by atoms with E-state index >= 15 is 0 Å². The van der Waals surface area contributed by atoms with Crippen LogP contribution >= 0.6 is 0 Å². The van der Waals surface area contributed by atoms with Crippen molar-refractivity contribution in [2.45, 2.75) is 51.2 Å². The predicted molar refractivity (Wildman–Crippen MR) is 111 cm³/mol. The smallest absolute Gasteiger partial charge is 0.416 e. The van der Waals surface area contributed by atoms with Crippen molar-refractivity contribution in [1.82, 2.24) is 0 Å². The lowest BCUT2D eigenvalue weighted by Crippen LogP contribution is -2.48. The van der Waals surface area contributed by atoms with Crippen LogP contribution in [0.1, 0.15) is 55.0 Å². The first-order valence-corrected chi connectivity index (χ1v) is 10.3. The largest absolute Gasteiger partial charge is 0.485 e. The van der Waals surface area contributed by atoms with Crippen molar-refractivity contribution < 1.29 is 37.0 Å². The van der Waals surface area contributed by atoms with Crippen molar-refractivity contribution in [3.8, 4) is 17.6 Å². The summed E-state index contributed by atoms with van der Waals surface area (Å²) in [5, 5.41) is 0. The summed E-state index contributed by atoms with van der Waals surface area (Å²) in [5.41, 5.74) is 1.01. The van der Waals surface area contributed by atoms with E-state index in [1.165, 1.54) is 19.9 Å². The fraction of sp³-hybridized carbons (Fsp3) is 0.360. The molecule has 172 valence electrons. The number of ether oxygens (including phenoxy) is 3. The lowest BCUT2D eigenvalue weighted by Gasteiger charge is -2.34. The first kappa shape index (κ1) is 22.7. The molecule has 0 aliphatic carbocycles. The van der Waals surface area contributed by atoms with Gasteiger partial charge in [-0.15, -0.1) is 5.92 Å². The molecule has 0 amide bonds. The van der Waals surface area contributed by atoms with E-state index in [0.717, 1.165) is 17.7 Å². The molecule has 1 saturated heterocycles. The summed E-state index contributed by atoms with van der Waals surface area (Å²) in [5.74, 6) is 1.33. The van der Waals surface area contributed by atoms with Gasteiger partial charge in [0.15, 0.2) is 5.92 Å². The minimum absolute atomic E-state index is 0.337. The molecule has 0 radical (unpaired) electrons. The Labute approximate surface area is 188 Å². The molecule has 2 aromatic rings. The van der Waals surface area contributed by atoms with Gasteiger partial charge in [0.25, 0.3) is 5.79 Å². The van der Waals surface area contributed by atoms with Crippen LogP contribution in [0.2, 0.25) is 0 Å². The average molecular weight is 458 g/mol. The number of carbonyl (C=O) groups excluding carboxylic acids is 2. The Kier molecular flexibility index (Phi) is 5.61. The molecule has 2 unspecified atom stereocenters. The molecule has 0 spiro atoms. The molecule has 4 rings (SSSR count). The van der Waals surface area contributed by atoms with E-state index in [2.05, 4.69) is 11.8 Å². The minimum Gasteiger partial charge on any atom is -0.485 e. The standard InChI is InChI=1S/C25H21F3O5/c1-4-6-18(21-22(29)32-24(2,3)33-23(21)30)14-9-10-19-16(11-14)13-20(31-19)15-7-5-8-17(12-15)25(26,27)28/h5,7-12,18,20-21H,13H2,1-3H3. The Morgan fingerprint density at radius 2 is 1.76 bits per heavy atom. The molecule has 8 heteroatoms. The maximum absolute atomic E-state index is 13.1. The van der Waals surface area contributed by atoms with Crippen molar-refractivity contribution >= 4 is 11.9 Å². The van der Waals surface area contributed by atoms with Crippen LogP contribution in [-0.4, -0.2) is 17.7 Å². The predicted octanol–water partition coefficient (Wildman–Crippen LogP) is 4.94. The third-order valence-electron chi connectivity index (χ3n) is 5.54. The van der Waals surface area contributed by atoms with Gasteiger partial charge in [-0.2, -0.15) is 13.2 Å². The summed E-state index contributed by atoms with van der Waals surface area (Å²) in [4.78, 5) is 25.2. The molecule has 2 atom stereocenters. The van der Waals surface area contributed by atoms with E-state index in [-0.39, 0.29) is 0 Å². The molecule has 2 aliphatic rings. The van der Waals surface area contributed by atoms with E-state index in [4.69, 9.17) is 14.2 Å². The summed E-state index contributed by atoms with van der Waals surface area (Å²) >= 11 is 0. The van der Waals surface area contributed by atoms with Gasteiger partial charge in [-0.3, -0.25) is 9.59 Å². The summed E-state index contributed by atoms with van der Waals surface area (Å²) in [7, 11) is 0. The third kappa shape index (κ3) is 4.54. The number of benzene rings is 2. The number of hydrogen-bond donors (Lipinski definition) is 0. The second kappa shape index (κ2) is 8.14. The van der Waals surface area contributed by atoms with Gasteiger partial charge in [0.1, 0.15) is 11.9 Å². The number of hydrogen-bond acceptors (Lipinski definition) is 5. The van der Waals surface area contributed by atoms with Crippen molar-refractivity contribution in [1.29, 1.82) is 0 Å². The van der Waals surface area contributed by atoms with Crippen LogP contribution in [0.15, 0.2) is 42.5 Å². The zero-order chi connectivity index (χ0) is 24.0. The molecular formula is C25H21F3O5. The van der Waals surface area contributed by atoms with Crippen LogP contribution in [0.3, 0.4) is 0 Å². The van der Waals surface area contributed by atoms with Gasteiger partial charge in [-0.25, -0.2) is 0 Å². The van der Waals surface area contributed by atoms with E-state index in [1.54, 1.807) is 31.2 Å². The Bertz CT molecular complexity index is 1150. The third-order valence-corrected chi connectivity index (χ3v) is 5.54. The zero-order valence-corrected chi connectivity index (χ0v) is 18.2. The molecule has 0 saturated carbocycles. The van der Waals surface area contributed by atoms with Crippen LogP contribution in [-0.2, 0) is 31.7 Å². The number of rotatable bonds is 3.